The van der Waals surface area contributed by atoms with Crippen LogP contribution in [0.4, 0.5) is 11.5 Å². The van der Waals surface area contributed by atoms with Crippen LogP contribution < -0.4 is 10.6 Å². The van der Waals surface area contributed by atoms with Gasteiger partial charge in [-0.15, -0.1) is 0 Å². The van der Waals surface area contributed by atoms with Gasteiger partial charge in [0.05, 0.1) is 5.69 Å². The van der Waals surface area contributed by atoms with Crippen molar-refractivity contribution in [3.05, 3.63) is 78.8 Å². The molecular weight excluding hydrogens is 390 g/mol. The van der Waals surface area contributed by atoms with Gasteiger partial charge in [-0.05, 0) is 35.2 Å². The summed E-state index contributed by atoms with van der Waals surface area (Å²) in [5, 5.41) is 10.2. The third-order valence-corrected chi connectivity index (χ3v) is 4.81. The number of rotatable bonds is 8. The molecule has 0 radical (unpaired) electrons. The van der Waals surface area contributed by atoms with E-state index in [2.05, 4.69) is 50.0 Å². The molecule has 4 rings (SSSR count). The molecule has 2 heterocycles. The van der Waals surface area contributed by atoms with Gasteiger partial charge in [-0.2, -0.15) is 4.98 Å². The zero-order valence-corrected chi connectivity index (χ0v) is 17.2. The van der Waals surface area contributed by atoms with Crippen molar-refractivity contribution in [2.24, 2.45) is 0 Å². The molecule has 0 saturated carbocycles. The highest BCUT2D eigenvalue weighted by Gasteiger charge is 2.11. The smallest absolute Gasteiger partial charge is 0.224 e. The molecule has 31 heavy (non-hydrogen) atoms. The van der Waals surface area contributed by atoms with E-state index in [1.165, 1.54) is 6.39 Å². The highest BCUT2D eigenvalue weighted by Crippen LogP contribution is 2.30. The van der Waals surface area contributed by atoms with Crippen molar-refractivity contribution in [1.29, 1.82) is 0 Å². The lowest BCUT2D eigenvalue weighted by Crippen LogP contribution is -2.13. The number of anilines is 2. The molecule has 0 saturated heterocycles. The molecule has 0 aliphatic rings. The Bertz CT molecular complexity index is 1140. The van der Waals surface area contributed by atoms with Gasteiger partial charge in [-0.25, -0.2) is 4.98 Å². The van der Waals surface area contributed by atoms with E-state index in [0.29, 0.717) is 30.3 Å². The first-order valence-corrected chi connectivity index (χ1v) is 10.2. The maximum Gasteiger partial charge on any atom is 0.224 e. The van der Waals surface area contributed by atoms with Crippen molar-refractivity contribution >= 4 is 17.4 Å². The molecule has 7 heteroatoms. The SMILES string of the molecule is CCCC(=O)Nc1cccnc1NCc1ccc(-c2ccccc2-c2ncon2)cc1. The second-order valence-electron chi connectivity index (χ2n) is 7.05. The van der Waals surface area contributed by atoms with Gasteiger partial charge >= 0.3 is 0 Å². The van der Waals surface area contributed by atoms with Crippen LogP contribution in [0.5, 0.6) is 0 Å². The number of carbonyl (C=O) groups is 1. The van der Waals surface area contributed by atoms with Gasteiger partial charge in [-0.3, -0.25) is 4.79 Å². The molecule has 2 aromatic carbocycles. The summed E-state index contributed by atoms with van der Waals surface area (Å²) in [4.78, 5) is 20.5. The number of benzene rings is 2. The Labute approximate surface area is 180 Å². The Morgan fingerprint density at radius 1 is 0.968 bits per heavy atom. The first-order valence-electron chi connectivity index (χ1n) is 10.2. The summed E-state index contributed by atoms with van der Waals surface area (Å²) in [6.45, 7) is 2.56. The van der Waals surface area contributed by atoms with Gasteiger partial charge in [0.2, 0.25) is 18.1 Å². The van der Waals surface area contributed by atoms with Gasteiger partial charge in [0.25, 0.3) is 0 Å². The monoisotopic (exact) mass is 413 g/mol. The third-order valence-electron chi connectivity index (χ3n) is 4.81. The highest BCUT2D eigenvalue weighted by atomic mass is 16.5. The van der Waals surface area contributed by atoms with E-state index in [-0.39, 0.29) is 5.91 Å². The predicted molar refractivity (Wildman–Crippen MR) is 120 cm³/mol. The molecule has 1 amide bonds. The van der Waals surface area contributed by atoms with Crippen LogP contribution in [-0.2, 0) is 11.3 Å². The van der Waals surface area contributed by atoms with E-state index in [1.807, 2.05) is 43.3 Å². The summed E-state index contributed by atoms with van der Waals surface area (Å²) >= 11 is 0. The van der Waals surface area contributed by atoms with Crippen molar-refractivity contribution < 1.29 is 9.32 Å². The van der Waals surface area contributed by atoms with Crippen LogP contribution >= 0.6 is 0 Å². The van der Waals surface area contributed by atoms with Crippen molar-refractivity contribution in [2.75, 3.05) is 10.6 Å². The molecule has 4 aromatic rings. The van der Waals surface area contributed by atoms with Crippen LogP contribution in [0.15, 0.2) is 77.8 Å². The van der Waals surface area contributed by atoms with Gasteiger partial charge in [-0.1, -0.05) is 60.6 Å². The molecule has 2 aromatic heterocycles. The van der Waals surface area contributed by atoms with Gasteiger partial charge in [0.1, 0.15) is 5.82 Å². The van der Waals surface area contributed by atoms with E-state index >= 15 is 0 Å². The van der Waals surface area contributed by atoms with E-state index in [0.717, 1.165) is 28.7 Å². The number of amides is 1. The third kappa shape index (κ3) is 4.95. The molecule has 0 bridgehead atoms. The fourth-order valence-electron chi connectivity index (χ4n) is 3.29. The first kappa shape index (κ1) is 20.3. The van der Waals surface area contributed by atoms with E-state index in [4.69, 9.17) is 4.52 Å². The second-order valence-corrected chi connectivity index (χ2v) is 7.05. The molecular formula is C24H23N5O2. The standard InChI is InChI=1S/C24H23N5O2/c1-2-6-22(30)28-21-9-5-14-25-24(21)26-15-17-10-12-18(13-11-17)19-7-3-4-8-20(19)23-27-16-31-29-23/h3-5,7-14,16H,2,6,15H2,1H3,(H,25,26)(H,28,30). The largest absolute Gasteiger partial charge is 0.364 e. The predicted octanol–water partition coefficient (Wildman–Crippen LogP) is 5.15. The van der Waals surface area contributed by atoms with Gasteiger partial charge in [0, 0.05) is 24.7 Å². The fraction of sp³-hybridized carbons (Fsp3) is 0.167. The lowest BCUT2D eigenvalue weighted by molar-refractivity contribution is -0.116. The van der Waals surface area contributed by atoms with Crippen LogP contribution in [0.25, 0.3) is 22.5 Å². The molecule has 0 unspecified atom stereocenters. The summed E-state index contributed by atoms with van der Waals surface area (Å²) < 4.78 is 4.90. The van der Waals surface area contributed by atoms with Crippen molar-refractivity contribution in [2.45, 2.75) is 26.3 Å². The average molecular weight is 413 g/mol. The quantitative estimate of drug-likeness (QED) is 0.415. The highest BCUT2D eigenvalue weighted by molar-refractivity contribution is 5.93. The van der Waals surface area contributed by atoms with Crippen molar-refractivity contribution in [3.63, 3.8) is 0 Å². The first-order chi connectivity index (χ1) is 15.2. The number of nitrogens with one attached hydrogen (secondary N) is 2. The maximum atomic E-state index is 11.9. The van der Waals surface area contributed by atoms with Crippen LogP contribution in [0.3, 0.4) is 0 Å². The fourth-order valence-corrected chi connectivity index (χ4v) is 3.29. The molecule has 7 nitrogen and oxygen atoms in total. The van der Waals surface area contributed by atoms with Crippen LogP contribution in [0, 0.1) is 0 Å². The molecule has 0 aliphatic carbocycles. The summed E-state index contributed by atoms with van der Waals surface area (Å²) in [7, 11) is 0. The number of hydrogen-bond acceptors (Lipinski definition) is 6. The Morgan fingerprint density at radius 2 is 1.77 bits per heavy atom. The summed E-state index contributed by atoms with van der Waals surface area (Å²) in [6, 6.07) is 19.9. The molecule has 0 spiro atoms. The van der Waals surface area contributed by atoms with Gasteiger partial charge < -0.3 is 15.2 Å². The van der Waals surface area contributed by atoms with Gasteiger partial charge in [0.15, 0.2) is 0 Å². The van der Waals surface area contributed by atoms with E-state index in [1.54, 1.807) is 6.20 Å². The second kappa shape index (κ2) is 9.67. The van der Waals surface area contributed by atoms with Crippen molar-refractivity contribution in [1.82, 2.24) is 15.1 Å². The Balaban J connectivity index is 1.47. The van der Waals surface area contributed by atoms with Crippen LogP contribution in [-0.4, -0.2) is 21.0 Å². The molecule has 0 aliphatic heterocycles. The zero-order valence-electron chi connectivity index (χ0n) is 17.2. The maximum absolute atomic E-state index is 11.9. The minimum atomic E-state index is -0.0110. The van der Waals surface area contributed by atoms with Crippen LogP contribution in [0.2, 0.25) is 0 Å². The number of hydrogen-bond donors (Lipinski definition) is 2. The summed E-state index contributed by atoms with van der Waals surface area (Å²) in [5.74, 6) is 1.20. The number of pyridine rings is 1. The Hall–Kier alpha value is -4.00. The summed E-state index contributed by atoms with van der Waals surface area (Å²) in [6.07, 6.45) is 4.32. The van der Waals surface area contributed by atoms with Crippen molar-refractivity contribution in [3.8, 4) is 22.5 Å². The zero-order chi connectivity index (χ0) is 21.5. The van der Waals surface area contributed by atoms with E-state index < -0.39 is 0 Å². The van der Waals surface area contributed by atoms with E-state index in [9.17, 15) is 4.79 Å². The minimum Gasteiger partial charge on any atom is -0.364 e. The normalized spacial score (nSPS) is 10.6. The number of carbonyl (C=O) groups excluding carboxylic acids is 1. The number of aromatic nitrogens is 3. The molecule has 0 fully saturated rings. The Kier molecular flexibility index (Phi) is 6.32. The summed E-state index contributed by atoms with van der Waals surface area (Å²) in [5.41, 5.74) is 4.80. The lowest BCUT2D eigenvalue weighted by atomic mass is 9.98. The molecule has 0 atom stereocenters. The molecule has 2 N–H and O–H groups in total. The Morgan fingerprint density at radius 3 is 2.52 bits per heavy atom. The molecule has 156 valence electrons. The minimum absolute atomic E-state index is 0.0110. The number of nitrogens with zero attached hydrogens (tertiary/aromatic N) is 3. The lowest BCUT2D eigenvalue weighted by Gasteiger charge is -2.12. The topological polar surface area (TPSA) is 92.9 Å². The average Bonchev–Trinajstić information content (AvgIpc) is 3.34. The van der Waals surface area contributed by atoms with Crippen LogP contribution in [0.1, 0.15) is 25.3 Å².